The van der Waals surface area contributed by atoms with Crippen molar-refractivity contribution in [3.8, 4) is 5.75 Å². The molecule has 1 atom stereocenters. The standard InChI is InChI=1S/C26H20F2N2O3/c27-16-5-6-21-18(11-16)24(31)19-12-17(28)13-20(23(19)29-21)25(32)30-10-9-26(14-30)8-7-15-3-1-2-4-22(15)33-26/h1-6,11-13H,7-10,14H2,(H,29,31). The fourth-order valence-electron chi connectivity index (χ4n) is 5.11. The third kappa shape index (κ3) is 3.18. The van der Waals surface area contributed by atoms with E-state index in [1.165, 1.54) is 12.1 Å². The maximum absolute atomic E-state index is 14.5. The molecule has 5 nitrogen and oxygen atoms in total. The number of rotatable bonds is 1. The molecule has 1 unspecified atom stereocenters. The number of H-pyrrole nitrogens is 1. The summed E-state index contributed by atoms with van der Waals surface area (Å²) < 4.78 is 34.5. The molecule has 4 aromatic rings. The number of pyridine rings is 1. The number of aromatic amines is 1. The average Bonchev–Trinajstić information content (AvgIpc) is 3.22. The van der Waals surface area contributed by atoms with E-state index in [9.17, 15) is 18.4 Å². The number of carbonyl (C=O) groups excluding carboxylic acids is 1. The second-order valence-electron chi connectivity index (χ2n) is 8.89. The molecule has 3 heterocycles. The first-order valence-electron chi connectivity index (χ1n) is 10.9. The lowest BCUT2D eigenvalue weighted by Crippen LogP contribution is -2.43. The largest absolute Gasteiger partial charge is 0.485 e. The summed E-state index contributed by atoms with van der Waals surface area (Å²) in [6.45, 7) is 0.864. The fourth-order valence-corrected chi connectivity index (χ4v) is 5.11. The molecule has 0 radical (unpaired) electrons. The molecule has 33 heavy (non-hydrogen) atoms. The summed E-state index contributed by atoms with van der Waals surface area (Å²) in [4.78, 5) is 31.2. The zero-order chi connectivity index (χ0) is 22.7. The molecule has 166 valence electrons. The van der Waals surface area contributed by atoms with Crippen LogP contribution in [0.3, 0.4) is 0 Å². The Morgan fingerprint density at radius 3 is 2.70 bits per heavy atom. The number of likely N-dealkylation sites (tertiary alicyclic amines) is 1. The van der Waals surface area contributed by atoms with Crippen LogP contribution >= 0.6 is 0 Å². The van der Waals surface area contributed by atoms with Crippen LogP contribution in [0.1, 0.15) is 28.8 Å². The first kappa shape index (κ1) is 19.9. The molecule has 7 heteroatoms. The Morgan fingerprint density at radius 2 is 1.82 bits per heavy atom. The summed E-state index contributed by atoms with van der Waals surface area (Å²) in [5.41, 5.74) is 0.898. The number of hydrogen-bond donors (Lipinski definition) is 1. The monoisotopic (exact) mass is 446 g/mol. The number of aromatic nitrogens is 1. The molecule has 3 aromatic carbocycles. The Balaban J connectivity index is 1.39. The molecule has 1 N–H and O–H groups in total. The van der Waals surface area contributed by atoms with Gasteiger partial charge in [0, 0.05) is 29.3 Å². The van der Waals surface area contributed by atoms with Gasteiger partial charge in [-0.15, -0.1) is 0 Å². The van der Waals surface area contributed by atoms with E-state index in [-0.39, 0.29) is 27.8 Å². The lowest BCUT2D eigenvalue weighted by atomic mass is 9.90. The molecule has 0 saturated carbocycles. The van der Waals surface area contributed by atoms with Crippen molar-refractivity contribution in [2.45, 2.75) is 24.9 Å². The number of fused-ring (bicyclic) bond motifs is 3. The van der Waals surface area contributed by atoms with E-state index in [0.717, 1.165) is 42.4 Å². The predicted molar refractivity (Wildman–Crippen MR) is 121 cm³/mol. The Hall–Kier alpha value is -3.74. The zero-order valence-electron chi connectivity index (χ0n) is 17.7. The van der Waals surface area contributed by atoms with Crippen molar-refractivity contribution < 1.29 is 18.3 Å². The third-order valence-corrected chi connectivity index (χ3v) is 6.82. The highest BCUT2D eigenvalue weighted by atomic mass is 19.1. The number of carbonyl (C=O) groups is 1. The predicted octanol–water partition coefficient (Wildman–Crippen LogP) is 4.57. The van der Waals surface area contributed by atoms with Crippen molar-refractivity contribution in [2.75, 3.05) is 13.1 Å². The van der Waals surface area contributed by atoms with Gasteiger partial charge in [0.05, 0.1) is 17.6 Å². The number of para-hydroxylation sites is 1. The van der Waals surface area contributed by atoms with Gasteiger partial charge in [0.2, 0.25) is 0 Å². The van der Waals surface area contributed by atoms with Gasteiger partial charge in [-0.2, -0.15) is 0 Å². The first-order valence-corrected chi connectivity index (χ1v) is 10.9. The smallest absolute Gasteiger partial charge is 0.256 e. The summed E-state index contributed by atoms with van der Waals surface area (Å²) in [5.74, 6) is -0.770. The highest BCUT2D eigenvalue weighted by Gasteiger charge is 2.44. The second-order valence-corrected chi connectivity index (χ2v) is 8.89. The third-order valence-electron chi connectivity index (χ3n) is 6.82. The van der Waals surface area contributed by atoms with Crippen LogP contribution in [0.4, 0.5) is 8.78 Å². The summed E-state index contributed by atoms with van der Waals surface area (Å²) in [7, 11) is 0. The number of nitrogens with zero attached hydrogens (tertiary/aromatic N) is 1. The van der Waals surface area contributed by atoms with Crippen LogP contribution < -0.4 is 10.2 Å². The number of benzene rings is 3. The minimum absolute atomic E-state index is 0.0215. The fraction of sp³-hybridized carbons (Fsp3) is 0.231. The second kappa shape index (κ2) is 7.13. The Labute approximate surface area is 187 Å². The van der Waals surface area contributed by atoms with E-state index in [2.05, 4.69) is 4.98 Å². The van der Waals surface area contributed by atoms with Gasteiger partial charge in [0.1, 0.15) is 23.0 Å². The van der Waals surface area contributed by atoms with Gasteiger partial charge in [0.15, 0.2) is 5.43 Å². The summed E-state index contributed by atoms with van der Waals surface area (Å²) >= 11 is 0. The molecule has 0 aliphatic carbocycles. The van der Waals surface area contributed by atoms with Crippen molar-refractivity contribution in [1.82, 2.24) is 9.88 Å². The van der Waals surface area contributed by atoms with Crippen LogP contribution in [0.25, 0.3) is 21.8 Å². The lowest BCUT2D eigenvalue weighted by molar-refractivity contribution is 0.0485. The molecule has 2 aliphatic rings. The van der Waals surface area contributed by atoms with Crippen molar-refractivity contribution in [3.05, 3.63) is 87.6 Å². The zero-order valence-corrected chi connectivity index (χ0v) is 17.7. The van der Waals surface area contributed by atoms with Crippen LogP contribution in [0.5, 0.6) is 5.75 Å². The van der Waals surface area contributed by atoms with E-state index in [4.69, 9.17) is 4.74 Å². The van der Waals surface area contributed by atoms with E-state index >= 15 is 0 Å². The van der Waals surface area contributed by atoms with E-state index < -0.39 is 22.7 Å². The number of ether oxygens (including phenoxy) is 1. The molecule has 1 aromatic heterocycles. The summed E-state index contributed by atoms with van der Waals surface area (Å²) in [6.07, 6.45) is 2.35. The Bertz CT molecular complexity index is 1510. The number of nitrogens with one attached hydrogen (secondary N) is 1. The van der Waals surface area contributed by atoms with E-state index in [1.54, 1.807) is 4.90 Å². The van der Waals surface area contributed by atoms with Crippen molar-refractivity contribution in [2.24, 2.45) is 0 Å². The van der Waals surface area contributed by atoms with E-state index in [1.807, 2.05) is 24.3 Å². The molecular formula is C26H20F2N2O3. The molecule has 0 bridgehead atoms. The van der Waals surface area contributed by atoms with Crippen LogP contribution in [0.2, 0.25) is 0 Å². The highest BCUT2D eigenvalue weighted by molar-refractivity contribution is 6.07. The summed E-state index contributed by atoms with van der Waals surface area (Å²) in [6, 6.07) is 13.9. The normalized spacial score (nSPS) is 19.8. The molecule has 1 spiro atoms. The van der Waals surface area contributed by atoms with Crippen molar-refractivity contribution in [3.63, 3.8) is 0 Å². The van der Waals surface area contributed by atoms with Crippen LogP contribution in [-0.2, 0) is 6.42 Å². The number of amides is 1. The SMILES string of the molecule is O=C(c1cc(F)cc2c(=O)c3cc(F)ccc3[nH]c12)N1CCC2(CCc3ccccc3O2)C1. The highest BCUT2D eigenvalue weighted by Crippen LogP contribution is 2.39. The van der Waals surface area contributed by atoms with Gasteiger partial charge in [0.25, 0.3) is 5.91 Å². The van der Waals surface area contributed by atoms with Gasteiger partial charge in [-0.25, -0.2) is 8.78 Å². The molecule has 1 fully saturated rings. The number of halogens is 2. The quantitative estimate of drug-likeness (QED) is 0.436. The average molecular weight is 446 g/mol. The van der Waals surface area contributed by atoms with Crippen LogP contribution in [0.15, 0.2) is 59.4 Å². The maximum Gasteiger partial charge on any atom is 0.256 e. The van der Waals surface area contributed by atoms with Crippen molar-refractivity contribution >= 4 is 27.7 Å². The lowest BCUT2D eigenvalue weighted by Gasteiger charge is -2.35. The Morgan fingerprint density at radius 1 is 1.00 bits per heavy atom. The van der Waals surface area contributed by atoms with Crippen LogP contribution in [-0.4, -0.2) is 34.5 Å². The van der Waals surface area contributed by atoms with Crippen LogP contribution in [0, 0.1) is 11.6 Å². The van der Waals surface area contributed by atoms with Gasteiger partial charge < -0.3 is 14.6 Å². The topological polar surface area (TPSA) is 62.4 Å². The summed E-state index contributed by atoms with van der Waals surface area (Å²) in [5, 5.41) is 0.133. The molecule has 6 rings (SSSR count). The van der Waals surface area contributed by atoms with Gasteiger partial charge in [-0.1, -0.05) is 18.2 Å². The first-order chi connectivity index (χ1) is 15.9. The number of hydrogen-bond acceptors (Lipinski definition) is 3. The minimum atomic E-state index is -0.691. The molecular weight excluding hydrogens is 426 g/mol. The molecule has 1 saturated heterocycles. The van der Waals surface area contributed by atoms with E-state index in [0.29, 0.717) is 25.0 Å². The molecule has 1 amide bonds. The van der Waals surface area contributed by atoms with Gasteiger partial charge >= 0.3 is 0 Å². The minimum Gasteiger partial charge on any atom is -0.485 e. The van der Waals surface area contributed by atoms with Gasteiger partial charge in [-0.3, -0.25) is 9.59 Å². The maximum atomic E-state index is 14.5. The van der Waals surface area contributed by atoms with Crippen molar-refractivity contribution in [1.29, 1.82) is 0 Å². The number of aryl methyl sites for hydroxylation is 1. The van der Waals surface area contributed by atoms with Gasteiger partial charge in [-0.05, 0) is 54.8 Å². The Kier molecular flexibility index (Phi) is 4.30. The molecule has 2 aliphatic heterocycles.